The molecule has 2 aromatic rings. The van der Waals surface area contributed by atoms with Gasteiger partial charge in [0.25, 0.3) is 0 Å². The van der Waals surface area contributed by atoms with Crippen LogP contribution >= 0.6 is 11.8 Å². The topological polar surface area (TPSA) is 61.6 Å². The van der Waals surface area contributed by atoms with Crippen molar-refractivity contribution in [2.24, 2.45) is 5.73 Å². The lowest BCUT2D eigenvalue weighted by atomic mass is 10.1. The predicted octanol–water partition coefficient (Wildman–Crippen LogP) is 4.57. The molecule has 0 saturated carbocycles. The Morgan fingerprint density at radius 3 is 2.28 bits per heavy atom. The number of halogens is 3. The van der Waals surface area contributed by atoms with Gasteiger partial charge in [0.15, 0.2) is 0 Å². The van der Waals surface area contributed by atoms with E-state index in [2.05, 4.69) is 27.2 Å². The summed E-state index contributed by atoms with van der Waals surface area (Å²) in [6.07, 6.45) is -0.234. The van der Waals surface area contributed by atoms with Crippen molar-refractivity contribution in [3.8, 4) is 0 Å². The highest BCUT2D eigenvalue weighted by atomic mass is 32.2. The SMILES string of the molecule is Cc1cc(C(F)(F)F)ccc1Sc1ccccc1CCCCN1CCN(CCCNC(=O)CN)CC1. The maximum atomic E-state index is 13.0. The van der Waals surface area contributed by atoms with E-state index in [4.69, 9.17) is 5.73 Å². The summed E-state index contributed by atoms with van der Waals surface area (Å²) in [5.41, 5.74) is 6.58. The van der Waals surface area contributed by atoms with Gasteiger partial charge in [0.05, 0.1) is 12.1 Å². The molecule has 1 saturated heterocycles. The Morgan fingerprint density at radius 1 is 0.972 bits per heavy atom. The average molecular weight is 523 g/mol. The van der Waals surface area contributed by atoms with Gasteiger partial charge in [0, 0.05) is 42.5 Å². The molecule has 9 heteroatoms. The highest BCUT2D eigenvalue weighted by Gasteiger charge is 2.30. The fourth-order valence-electron chi connectivity index (χ4n) is 4.36. The molecule has 0 atom stereocenters. The van der Waals surface area contributed by atoms with Crippen molar-refractivity contribution in [1.82, 2.24) is 15.1 Å². The highest BCUT2D eigenvalue weighted by Crippen LogP contribution is 2.36. The number of hydrogen-bond acceptors (Lipinski definition) is 5. The van der Waals surface area contributed by atoms with Gasteiger partial charge in [-0.25, -0.2) is 0 Å². The molecule has 2 aromatic carbocycles. The number of rotatable bonds is 12. The molecule has 1 amide bonds. The van der Waals surface area contributed by atoms with Crippen molar-refractivity contribution in [2.75, 3.05) is 52.4 Å². The summed E-state index contributed by atoms with van der Waals surface area (Å²) in [4.78, 5) is 18.1. The fraction of sp³-hybridized carbons (Fsp3) is 0.519. The summed E-state index contributed by atoms with van der Waals surface area (Å²) in [5.74, 6) is -0.101. The number of nitrogens with two attached hydrogens (primary N) is 1. The molecule has 0 spiro atoms. The van der Waals surface area contributed by atoms with Gasteiger partial charge < -0.3 is 20.9 Å². The van der Waals surface area contributed by atoms with Crippen molar-refractivity contribution in [2.45, 2.75) is 48.6 Å². The van der Waals surface area contributed by atoms with E-state index >= 15 is 0 Å². The molecule has 0 bridgehead atoms. The number of nitrogens with one attached hydrogen (secondary N) is 1. The molecule has 36 heavy (non-hydrogen) atoms. The first kappa shape index (κ1) is 28.5. The van der Waals surface area contributed by atoms with Crippen LogP contribution < -0.4 is 11.1 Å². The van der Waals surface area contributed by atoms with Crippen LogP contribution in [0.4, 0.5) is 13.2 Å². The second-order valence-corrected chi connectivity index (χ2v) is 10.3. The van der Waals surface area contributed by atoms with E-state index in [9.17, 15) is 18.0 Å². The number of aryl methyl sites for hydroxylation is 2. The number of carbonyl (C=O) groups is 1. The van der Waals surface area contributed by atoms with E-state index in [0.29, 0.717) is 12.1 Å². The highest BCUT2D eigenvalue weighted by molar-refractivity contribution is 7.99. The molecule has 1 fully saturated rings. The van der Waals surface area contributed by atoms with Gasteiger partial charge >= 0.3 is 6.18 Å². The zero-order valence-corrected chi connectivity index (χ0v) is 21.8. The number of nitrogens with zero attached hydrogens (tertiary/aromatic N) is 2. The number of benzene rings is 2. The standard InChI is InChI=1S/C27H37F3N4OS/c1-21-19-23(27(28,29)30)10-11-24(21)36-25-9-3-2-7-22(25)8-4-5-13-33-15-17-34(18-16-33)14-6-12-32-26(35)20-31/h2-3,7,9-11,19H,4-6,8,12-18,20,31H2,1H3,(H,32,35). The predicted molar refractivity (Wildman–Crippen MR) is 139 cm³/mol. The Labute approximate surface area is 216 Å². The molecule has 3 N–H and O–H groups in total. The Balaban J connectivity index is 1.39. The van der Waals surface area contributed by atoms with Crippen molar-refractivity contribution in [1.29, 1.82) is 0 Å². The number of unbranched alkanes of at least 4 members (excludes halogenated alkanes) is 1. The molecular weight excluding hydrogens is 485 g/mol. The lowest BCUT2D eigenvalue weighted by Crippen LogP contribution is -2.47. The van der Waals surface area contributed by atoms with Gasteiger partial charge in [-0.05, 0) is 81.1 Å². The van der Waals surface area contributed by atoms with Crippen LogP contribution in [0.15, 0.2) is 52.3 Å². The number of amides is 1. The molecule has 0 aliphatic carbocycles. The molecule has 0 unspecified atom stereocenters. The molecule has 1 aliphatic heterocycles. The number of piperazine rings is 1. The first-order valence-electron chi connectivity index (χ1n) is 12.6. The van der Waals surface area contributed by atoms with E-state index < -0.39 is 11.7 Å². The minimum Gasteiger partial charge on any atom is -0.355 e. The maximum Gasteiger partial charge on any atom is 0.416 e. The van der Waals surface area contributed by atoms with Crippen molar-refractivity contribution < 1.29 is 18.0 Å². The van der Waals surface area contributed by atoms with Gasteiger partial charge in [-0.1, -0.05) is 30.0 Å². The molecule has 0 radical (unpaired) electrons. The average Bonchev–Trinajstić information content (AvgIpc) is 2.86. The summed E-state index contributed by atoms with van der Waals surface area (Å²) < 4.78 is 39.0. The lowest BCUT2D eigenvalue weighted by molar-refractivity contribution is -0.137. The zero-order valence-electron chi connectivity index (χ0n) is 20.9. The third-order valence-electron chi connectivity index (χ3n) is 6.49. The summed E-state index contributed by atoms with van der Waals surface area (Å²) in [7, 11) is 0. The van der Waals surface area contributed by atoms with E-state index in [1.54, 1.807) is 24.8 Å². The van der Waals surface area contributed by atoms with Gasteiger partial charge in [-0.3, -0.25) is 4.79 Å². The second kappa shape index (κ2) is 14.0. The van der Waals surface area contributed by atoms with E-state index in [1.165, 1.54) is 11.6 Å². The first-order chi connectivity index (χ1) is 17.3. The molecule has 198 valence electrons. The minimum atomic E-state index is -4.32. The summed E-state index contributed by atoms with van der Waals surface area (Å²) in [5, 5.41) is 2.81. The molecule has 3 rings (SSSR count). The van der Waals surface area contributed by atoms with Crippen LogP contribution in [-0.4, -0.2) is 68.1 Å². The van der Waals surface area contributed by atoms with Crippen LogP contribution in [-0.2, 0) is 17.4 Å². The third-order valence-corrected chi connectivity index (χ3v) is 7.78. The third kappa shape index (κ3) is 9.10. The van der Waals surface area contributed by atoms with Crippen LogP contribution in [0.1, 0.15) is 36.0 Å². The molecule has 1 aliphatic rings. The fourth-order valence-corrected chi connectivity index (χ4v) is 5.40. The lowest BCUT2D eigenvalue weighted by Gasteiger charge is -2.34. The molecule has 0 aromatic heterocycles. The van der Waals surface area contributed by atoms with Crippen molar-refractivity contribution in [3.05, 3.63) is 59.2 Å². The smallest absolute Gasteiger partial charge is 0.355 e. The number of hydrogen-bond donors (Lipinski definition) is 2. The largest absolute Gasteiger partial charge is 0.416 e. The van der Waals surface area contributed by atoms with Crippen molar-refractivity contribution in [3.63, 3.8) is 0 Å². The van der Waals surface area contributed by atoms with Crippen LogP contribution in [0.3, 0.4) is 0 Å². The monoisotopic (exact) mass is 522 g/mol. The van der Waals surface area contributed by atoms with Gasteiger partial charge in [0.2, 0.25) is 5.91 Å². The Kier molecular flexibility index (Phi) is 11.1. The zero-order chi connectivity index (χ0) is 26.0. The Morgan fingerprint density at radius 2 is 1.64 bits per heavy atom. The van der Waals surface area contributed by atoms with Crippen LogP contribution in [0, 0.1) is 6.92 Å². The normalized spacial score (nSPS) is 15.2. The summed E-state index contributed by atoms with van der Waals surface area (Å²) in [6.45, 7) is 8.76. The maximum absolute atomic E-state index is 13.0. The quantitative estimate of drug-likeness (QED) is 0.400. The van der Waals surface area contributed by atoms with Crippen LogP contribution in [0.2, 0.25) is 0 Å². The first-order valence-corrected chi connectivity index (χ1v) is 13.4. The number of alkyl halides is 3. The van der Waals surface area contributed by atoms with Gasteiger partial charge in [-0.15, -0.1) is 0 Å². The minimum absolute atomic E-state index is 0.0436. The molecule has 5 nitrogen and oxygen atoms in total. The molecule has 1 heterocycles. The second-order valence-electron chi connectivity index (χ2n) is 9.24. The van der Waals surface area contributed by atoms with E-state index in [-0.39, 0.29) is 12.5 Å². The Hall–Kier alpha value is -2.07. The van der Waals surface area contributed by atoms with Gasteiger partial charge in [0.1, 0.15) is 0 Å². The van der Waals surface area contributed by atoms with E-state index in [1.807, 2.05) is 12.1 Å². The van der Waals surface area contributed by atoms with Crippen LogP contribution in [0.5, 0.6) is 0 Å². The van der Waals surface area contributed by atoms with Crippen molar-refractivity contribution >= 4 is 17.7 Å². The number of carbonyl (C=O) groups excluding carboxylic acids is 1. The van der Waals surface area contributed by atoms with Crippen LogP contribution in [0.25, 0.3) is 0 Å². The van der Waals surface area contributed by atoms with E-state index in [0.717, 1.165) is 80.8 Å². The summed E-state index contributed by atoms with van der Waals surface area (Å²) >= 11 is 1.54. The van der Waals surface area contributed by atoms with Gasteiger partial charge in [-0.2, -0.15) is 13.2 Å². The molecular formula is C27H37F3N4OS. The Bertz CT molecular complexity index is 978. The summed E-state index contributed by atoms with van der Waals surface area (Å²) in [6, 6.07) is 12.2.